The first-order valence-electron chi connectivity index (χ1n) is 21.2. The van der Waals surface area contributed by atoms with E-state index in [2.05, 4.69) is 141 Å². The van der Waals surface area contributed by atoms with Gasteiger partial charge in [0.1, 0.15) is 24.7 Å². The van der Waals surface area contributed by atoms with Crippen molar-refractivity contribution in [1.29, 1.82) is 0 Å². The summed E-state index contributed by atoms with van der Waals surface area (Å²) >= 11 is 0. The fraction of sp³-hybridized carbons (Fsp3) is 0.0727. The van der Waals surface area contributed by atoms with Crippen LogP contribution in [0.2, 0.25) is 0 Å². The van der Waals surface area contributed by atoms with Gasteiger partial charge in [-0.3, -0.25) is 13.5 Å². The van der Waals surface area contributed by atoms with Gasteiger partial charge in [0.25, 0.3) is 0 Å². The number of aromatic nitrogens is 5. The van der Waals surface area contributed by atoms with Gasteiger partial charge in [0.15, 0.2) is 5.69 Å². The van der Waals surface area contributed by atoms with Gasteiger partial charge in [-0.05, 0) is 103 Å². The number of carboxylic acids is 1. The molecule has 12 heteroatoms. The maximum atomic E-state index is 14.4. The third-order valence-corrected chi connectivity index (χ3v) is 11.5. The first-order valence-corrected chi connectivity index (χ1v) is 21.2. The summed E-state index contributed by atoms with van der Waals surface area (Å²) < 4.78 is 46.5. The summed E-state index contributed by atoms with van der Waals surface area (Å²) in [4.78, 5) is 14.5. The van der Waals surface area contributed by atoms with Crippen LogP contribution in [0.1, 0.15) is 27.3 Å². The number of carbonyl (C=O) groups is 1. The standard InChI is InChI=1S/C49H32F2N3O2.C6H8N2O2.Ir/c50-34-17-22-43(44(51)28-34)45-27-32(23-24-52-45)30-55-37-18-20-38(21-19-37)56-31-33-25-35(53-46-13-5-1-9-39(46)40-10-2-6-14-47(40)53)29-36(26-33)54-48-15-7-3-11-41(48)42-12-4-8-16-49(42)54;1-4-3-5(6(9)10)7-8(4)2;/h1-21,23-29H,30-31H2;3H,1-2H3,(H,9,10);/q-1;;. The number of hydrogen-bond donors (Lipinski definition) is 1. The van der Waals surface area contributed by atoms with Crippen LogP contribution >= 0.6 is 0 Å². The van der Waals surface area contributed by atoms with E-state index in [1.165, 1.54) is 32.3 Å². The van der Waals surface area contributed by atoms with E-state index in [9.17, 15) is 13.6 Å². The number of para-hydroxylation sites is 4. The SMILES string of the molecule is Cc1cc(C(=O)O)nn1C.Fc1c[c-]c(-c2cc(COc3ccc(OCc4cc(-n5c6ccccc6c6ccccc65)cc(-n5c6ccccc6c6ccccc65)c4)cc3)ccn2)c(F)c1.[Ir]. The third kappa shape index (κ3) is 8.92. The van der Waals surface area contributed by atoms with Crippen molar-refractivity contribution in [3.05, 3.63) is 216 Å². The van der Waals surface area contributed by atoms with Gasteiger partial charge in [-0.25, -0.2) is 4.79 Å². The Kier molecular flexibility index (Phi) is 12.5. The van der Waals surface area contributed by atoms with Crippen molar-refractivity contribution in [2.75, 3.05) is 0 Å². The molecule has 1 N–H and O–H groups in total. The van der Waals surface area contributed by atoms with Gasteiger partial charge >= 0.3 is 5.97 Å². The second kappa shape index (κ2) is 18.9. The molecule has 7 aromatic carbocycles. The summed E-state index contributed by atoms with van der Waals surface area (Å²) in [7, 11) is 1.71. The van der Waals surface area contributed by atoms with Crippen LogP contribution in [0.5, 0.6) is 11.5 Å². The van der Waals surface area contributed by atoms with E-state index in [0.29, 0.717) is 23.8 Å². The first kappa shape index (κ1) is 44.3. The molecule has 11 rings (SSSR count). The molecule has 0 aliphatic rings. The van der Waals surface area contributed by atoms with Crippen molar-refractivity contribution in [2.24, 2.45) is 7.05 Å². The molecule has 0 fully saturated rings. The van der Waals surface area contributed by atoms with Crippen molar-refractivity contribution < 1.29 is 48.3 Å². The Morgan fingerprint density at radius 3 is 1.54 bits per heavy atom. The number of halogens is 2. The number of ether oxygens (including phenoxy) is 2. The molecule has 67 heavy (non-hydrogen) atoms. The molecule has 0 atom stereocenters. The number of aromatic carboxylic acids is 1. The summed E-state index contributed by atoms with van der Waals surface area (Å²) in [5.74, 6) is -1.03. The van der Waals surface area contributed by atoms with Gasteiger partial charge in [0, 0.05) is 83.6 Å². The molecule has 0 bridgehead atoms. The summed E-state index contributed by atoms with van der Waals surface area (Å²) in [5.41, 5.74) is 9.86. The molecule has 4 heterocycles. The molecule has 0 unspecified atom stereocenters. The summed E-state index contributed by atoms with van der Waals surface area (Å²) in [6.07, 6.45) is 1.57. The molecular formula is C55H40F2IrN5O4-. The Morgan fingerprint density at radius 1 is 0.627 bits per heavy atom. The first-order chi connectivity index (χ1) is 32.2. The number of pyridine rings is 1. The number of rotatable bonds is 10. The Labute approximate surface area is 397 Å². The number of hydrogen-bond acceptors (Lipinski definition) is 5. The summed E-state index contributed by atoms with van der Waals surface area (Å²) in [6, 6.07) is 58.0. The quantitative estimate of drug-likeness (QED) is 0.137. The number of carboxylic acid groups (broad SMARTS) is 1. The smallest absolute Gasteiger partial charge is 0.356 e. The zero-order chi connectivity index (χ0) is 45.3. The van der Waals surface area contributed by atoms with Gasteiger partial charge in [0.05, 0.1) is 22.1 Å². The van der Waals surface area contributed by atoms with Crippen molar-refractivity contribution >= 4 is 49.6 Å². The zero-order valence-corrected chi connectivity index (χ0v) is 38.5. The van der Waals surface area contributed by atoms with E-state index in [4.69, 9.17) is 14.6 Å². The van der Waals surface area contributed by atoms with E-state index in [-0.39, 0.29) is 38.0 Å². The molecule has 9 nitrogen and oxygen atoms in total. The van der Waals surface area contributed by atoms with E-state index in [1.807, 2.05) is 24.3 Å². The van der Waals surface area contributed by atoms with Crippen molar-refractivity contribution in [3.8, 4) is 34.1 Å². The third-order valence-electron chi connectivity index (χ3n) is 11.5. The largest absolute Gasteiger partial charge is 0.489 e. The van der Waals surface area contributed by atoms with Gasteiger partial charge in [-0.1, -0.05) is 90.5 Å². The minimum absolute atomic E-state index is 0. The average molecular weight is 1070 g/mol. The van der Waals surface area contributed by atoms with Crippen LogP contribution in [0.4, 0.5) is 8.78 Å². The van der Waals surface area contributed by atoms with Crippen LogP contribution in [0.3, 0.4) is 0 Å². The molecule has 11 aromatic rings. The van der Waals surface area contributed by atoms with Crippen LogP contribution in [-0.2, 0) is 40.4 Å². The molecule has 0 saturated carbocycles. The normalized spacial score (nSPS) is 11.1. The molecular weight excluding hydrogens is 1020 g/mol. The van der Waals surface area contributed by atoms with Crippen molar-refractivity contribution in [2.45, 2.75) is 20.1 Å². The van der Waals surface area contributed by atoms with Gasteiger partial charge in [-0.15, -0.1) is 12.1 Å². The van der Waals surface area contributed by atoms with Gasteiger partial charge < -0.3 is 28.7 Å². The Hall–Kier alpha value is -7.92. The maximum absolute atomic E-state index is 14.4. The van der Waals surface area contributed by atoms with E-state index in [0.717, 1.165) is 62.4 Å². The Bertz CT molecular complexity index is 3340. The van der Waals surface area contributed by atoms with E-state index < -0.39 is 17.6 Å². The van der Waals surface area contributed by atoms with E-state index in [1.54, 1.807) is 32.3 Å². The summed E-state index contributed by atoms with van der Waals surface area (Å²) in [5, 5.41) is 17.0. The minimum atomic E-state index is -0.983. The number of benzene rings is 7. The van der Waals surface area contributed by atoms with Crippen molar-refractivity contribution in [1.82, 2.24) is 23.9 Å². The fourth-order valence-corrected chi connectivity index (χ4v) is 8.37. The van der Waals surface area contributed by atoms with Crippen LogP contribution in [0.15, 0.2) is 176 Å². The average Bonchev–Trinajstić information content (AvgIpc) is 3.99. The topological polar surface area (TPSA) is 96.3 Å². The number of fused-ring (bicyclic) bond motifs is 6. The van der Waals surface area contributed by atoms with Crippen LogP contribution in [-0.4, -0.2) is 35.0 Å². The molecule has 4 aromatic heterocycles. The predicted molar refractivity (Wildman–Crippen MR) is 254 cm³/mol. The van der Waals surface area contributed by atoms with Crippen LogP contribution in [0.25, 0.3) is 66.2 Å². The zero-order valence-electron chi connectivity index (χ0n) is 36.2. The molecule has 1 radical (unpaired) electrons. The maximum Gasteiger partial charge on any atom is 0.356 e. The molecule has 0 saturated heterocycles. The second-order valence-corrected chi connectivity index (χ2v) is 15.8. The molecule has 0 amide bonds. The van der Waals surface area contributed by atoms with Crippen LogP contribution < -0.4 is 9.47 Å². The second-order valence-electron chi connectivity index (χ2n) is 15.8. The predicted octanol–water partition coefficient (Wildman–Crippen LogP) is 12.6. The Balaban J connectivity index is 0.000000456. The van der Waals surface area contributed by atoms with Gasteiger partial charge in [-0.2, -0.15) is 5.10 Å². The van der Waals surface area contributed by atoms with Crippen molar-refractivity contribution in [3.63, 3.8) is 0 Å². The minimum Gasteiger partial charge on any atom is -0.489 e. The van der Waals surface area contributed by atoms with Gasteiger partial charge in [0.2, 0.25) is 0 Å². The number of nitrogens with zero attached hydrogens (tertiary/aromatic N) is 5. The molecule has 333 valence electrons. The Morgan fingerprint density at radius 2 is 1.10 bits per heavy atom. The molecule has 0 aliphatic heterocycles. The van der Waals surface area contributed by atoms with Crippen LogP contribution in [0, 0.1) is 24.6 Å². The fourth-order valence-electron chi connectivity index (χ4n) is 8.37. The molecule has 0 spiro atoms. The van der Waals surface area contributed by atoms with E-state index >= 15 is 0 Å². The molecule has 0 aliphatic carbocycles. The number of aryl methyl sites for hydroxylation is 2. The monoisotopic (exact) mass is 1070 g/mol. The summed E-state index contributed by atoms with van der Waals surface area (Å²) in [6.45, 7) is 2.38.